The number of halogens is 1. The van der Waals surface area contributed by atoms with Crippen molar-refractivity contribution in [1.82, 2.24) is 4.57 Å². The first-order valence-corrected chi connectivity index (χ1v) is 9.35. The van der Waals surface area contributed by atoms with Gasteiger partial charge in [0.2, 0.25) is 15.0 Å². The quantitative estimate of drug-likeness (QED) is 0.786. The van der Waals surface area contributed by atoms with Crippen LogP contribution >= 0.6 is 10.7 Å². The lowest BCUT2D eigenvalue weighted by Crippen LogP contribution is -2.32. The Labute approximate surface area is 134 Å². The molecule has 1 aliphatic heterocycles. The van der Waals surface area contributed by atoms with Crippen molar-refractivity contribution in [3.63, 3.8) is 0 Å². The molecule has 0 N–H and O–H groups in total. The molecule has 1 aromatic rings. The summed E-state index contributed by atoms with van der Waals surface area (Å²) in [6, 6.07) is 3.73. The maximum atomic E-state index is 12.2. The smallest absolute Gasteiger partial charge is 0.232 e. The number of rotatable bonds is 3. The van der Waals surface area contributed by atoms with Gasteiger partial charge >= 0.3 is 0 Å². The molecule has 1 saturated heterocycles. The maximum Gasteiger partial charge on any atom is 0.232 e. The number of carbonyl (C=O) groups excluding carboxylic acids is 1. The van der Waals surface area contributed by atoms with Crippen molar-refractivity contribution in [2.24, 2.45) is 5.92 Å². The van der Waals surface area contributed by atoms with Gasteiger partial charge in [-0.1, -0.05) is 0 Å². The lowest BCUT2D eigenvalue weighted by Gasteiger charge is -2.28. The first-order chi connectivity index (χ1) is 10.0. The summed E-state index contributed by atoms with van der Waals surface area (Å²) in [5, 5.41) is 9.09. The number of carbonyl (C=O) groups is 1. The molecular formula is C14H18ClN3O3S. The van der Waals surface area contributed by atoms with E-state index in [2.05, 4.69) is 6.07 Å². The summed E-state index contributed by atoms with van der Waals surface area (Å²) in [7, 11) is 1.64. The third kappa shape index (κ3) is 3.62. The number of nitriles is 1. The largest absolute Gasteiger partial charge is 0.328 e. The molecule has 0 bridgehead atoms. The van der Waals surface area contributed by atoms with Crippen LogP contribution in [-0.2, 0) is 19.4 Å². The molecule has 0 spiro atoms. The number of amides is 1. The van der Waals surface area contributed by atoms with E-state index in [1.807, 2.05) is 25.3 Å². The van der Waals surface area contributed by atoms with Crippen molar-refractivity contribution in [3.05, 3.63) is 17.8 Å². The van der Waals surface area contributed by atoms with Gasteiger partial charge in [-0.05, 0) is 26.8 Å². The summed E-state index contributed by atoms with van der Waals surface area (Å²) in [6.07, 6.45) is 1.84. The molecule has 1 amide bonds. The van der Waals surface area contributed by atoms with Crippen molar-refractivity contribution in [3.8, 4) is 6.07 Å². The summed E-state index contributed by atoms with van der Waals surface area (Å²) in [5.41, 5.74) is 0.160. The van der Waals surface area contributed by atoms with Gasteiger partial charge in [-0.15, -0.1) is 0 Å². The predicted molar refractivity (Wildman–Crippen MR) is 84.2 cm³/mol. The van der Waals surface area contributed by atoms with Crippen LogP contribution in [0.2, 0.25) is 0 Å². The average molecular weight is 344 g/mol. The molecule has 0 radical (unpaired) electrons. The van der Waals surface area contributed by atoms with Gasteiger partial charge < -0.3 is 4.57 Å². The third-order valence-electron chi connectivity index (χ3n) is 3.57. The van der Waals surface area contributed by atoms with Crippen LogP contribution in [-0.4, -0.2) is 31.2 Å². The van der Waals surface area contributed by atoms with Crippen LogP contribution in [0.3, 0.4) is 0 Å². The molecule has 1 unspecified atom stereocenters. The van der Waals surface area contributed by atoms with Crippen LogP contribution in [0.5, 0.6) is 0 Å². The highest BCUT2D eigenvalue weighted by atomic mass is 35.7. The Kier molecular flexibility index (Phi) is 4.28. The molecule has 1 aliphatic rings. The molecule has 8 heteroatoms. The van der Waals surface area contributed by atoms with E-state index in [1.165, 1.54) is 0 Å². The number of hydrogen-bond donors (Lipinski definition) is 0. The summed E-state index contributed by atoms with van der Waals surface area (Å²) >= 11 is 0. The lowest BCUT2D eigenvalue weighted by atomic mass is 10.1. The van der Waals surface area contributed by atoms with Gasteiger partial charge in [-0.2, -0.15) is 5.26 Å². The minimum atomic E-state index is -3.64. The van der Waals surface area contributed by atoms with E-state index in [0.29, 0.717) is 11.4 Å². The standard InChI is InChI=1S/C14H18ClN3O3S/c1-14(2,3)18-8-10(6-16)4-12(18)17-7-11(5-13(17)19)9-22(15,20)21/h4,8,11H,5,7,9H2,1-3H3. The Balaban J connectivity index is 2.35. The van der Waals surface area contributed by atoms with Crippen LogP contribution in [0.1, 0.15) is 32.8 Å². The maximum absolute atomic E-state index is 12.2. The summed E-state index contributed by atoms with van der Waals surface area (Å²) < 4.78 is 24.3. The molecule has 6 nitrogen and oxygen atoms in total. The molecule has 1 atom stereocenters. The van der Waals surface area contributed by atoms with E-state index in [1.54, 1.807) is 17.2 Å². The zero-order valence-corrected chi connectivity index (χ0v) is 14.3. The van der Waals surface area contributed by atoms with Crippen molar-refractivity contribution in [2.45, 2.75) is 32.7 Å². The van der Waals surface area contributed by atoms with Gasteiger partial charge in [0.25, 0.3) is 0 Å². The number of hydrogen-bond acceptors (Lipinski definition) is 4. The molecule has 2 heterocycles. The third-order valence-corrected chi connectivity index (χ3v) is 4.82. The van der Waals surface area contributed by atoms with E-state index >= 15 is 0 Å². The van der Waals surface area contributed by atoms with Crippen molar-refractivity contribution >= 4 is 31.5 Å². The Hall–Kier alpha value is -1.52. The van der Waals surface area contributed by atoms with Crippen LogP contribution in [0.4, 0.5) is 5.82 Å². The minimum Gasteiger partial charge on any atom is -0.328 e. The van der Waals surface area contributed by atoms with E-state index < -0.39 is 9.05 Å². The summed E-state index contributed by atoms with van der Waals surface area (Å²) in [4.78, 5) is 13.8. The van der Waals surface area contributed by atoms with Crippen molar-refractivity contribution in [1.29, 1.82) is 5.26 Å². The molecule has 2 rings (SSSR count). The fraction of sp³-hybridized carbons (Fsp3) is 0.571. The van der Waals surface area contributed by atoms with Crippen LogP contribution in [0.25, 0.3) is 0 Å². The Morgan fingerprint density at radius 2 is 2.09 bits per heavy atom. The van der Waals surface area contributed by atoms with Crippen molar-refractivity contribution in [2.75, 3.05) is 17.2 Å². The van der Waals surface area contributed by atoms with E-state index in [-0.39, 0.29) is 36.1 Å². The molecule has 22 heavy (non-hydrogen) atoms. The minimum absolute atomic E-state index is 0.142. The number of anilines is 1. The molecule has 1 fully saturated rings. The fourth-order valence-corrected chi connectivity index (χ4v) is 3.97. The van der Waals surface area contributed by atoms with Crippen LogP contribution in [0, 0.1) is 17.2 Å². The highest BCUT2D eigenvalue weighted by Gasteiger charge is 2.35. The predicted octanol–water partition coefficient (Wildman–Crippen LogP) is 2.04. The van der Waals surface area contributed by atoms with E-state index in [9.17, 15) is 13.2 Å². The first-order valence-electron chi connectivity index (χ1n) is 6.87. The molecule has 1 aromatic heterocycles. The van der Waals surface area contributed by atoms with E-state index in [0.717, 1.165) is 0 Å². The number of aromatic nitrogens is 1. The second kappa shape index (κ2) is 5.60. The van der Waals surface area contributed by atoms with Crippen LogP contribution in [0.15, 0.2) is 12.3 Å². The highest BCUT2D eigenvalue weighted by molar-refractivity contribution is 8.13. The topological polar surface area (TPSA) is 83.2 Å². The first kappa shape index (κ1) is 16.8. The van der Waals surface area contributed by atoms with Gasteiger partial charge in [-0.3, -0.25) is 9.69 Å². The summed E-state index contributed by atoms with van der Waals surface area (Å²) in [5.74, 6) is -0.0937. The molecule has 0 aromatic carbocycles. The second-order valence-electron chi connectivity index (χ2n) is 6.52. The van der Waals surface area contributed by atoms with Crippen molar-refractivity contribution < 1.29 is 13.2 Å². The zero-order valence-electron chi connectivity index (χ0n) is 12.7. The SMILES string of the molecule is CC(C)(C)n1cc(C#N)cc1N1CC(CS(=O)(=O)Cl)CC1=O. The Morgan fingerprint density at radius 3 is 2.59 bits per heavy atom. The molecule has 120 valence electrons. The molecular weight excluding hydrogens is 326 g/mol. The van der Waals surface area contributed by atoms with Gasteiger partial charge in [-0.25, -0.2) is 8.42 Å². The summed E-state index contributed by atoms with van der Waals surface area (Å²) in [6.45, 7) is 6.20. The molecule has 0 saturated carbocycles. The lowest BCUT2D eigenvalue weighted by molar-refractivity contribution is -0.117. The Bertz CT molecular complexity index is 740. The molecule has 0 aliphatic carbocycles. The van der Waals surface area contributed by atoms with Gasteiger partial charge in [0, 0.05) is 41.3 Å². The van der Waals surface area contributed by atoms with Crippen LogP contribution < -0.4 is 4.90 Å². The second-order valence-corrected chi connectivity index (χ2v) is 9.34. The highest BCUT2D eigenvalue weighted by Crippen LogP contribution is 2.32. The Morgan fingerprint density at radius 1 is 1.45 bits per heavy atom. The van der Waals surface area contributed by atoms with Gasteiger partial charge in [0.1, 0.15) is 11.9 Å². The number of nitrogens with zero attached hydrogens (tertiary/aromatic N) is 3. The van der Waals surface area contributed by atoms with E-state index in [4.69, 9.17) is 15.9 Å². The fourth-order valence-electron chi connectivity index (χ4n) is 2.65. The zero-order chi connectivity index (χ0) is 16.7. The average Bonchev–Trinajstić information content (AvgIpc) is 2.89. The normalized spacial score (nSPS) is 19.5. The van der Waals surface area contributed by atoms with Gasteiger partial charge in [0.05, 0.1) is 11.3 Å². The van der Waals surface area contributed by atoms with Gasteiger partial charge in [0.15, 0.2) is 0 Å². The monoisotopic (exact) mass is 343 g/mol.